The van der Waals surface area contributed by atoms with Gasteiger partial charge in [0.05, 0.1) is 6.04 Å². The molecular weight excluding hydrogens is 222 g/mol. The monoisotopic (exact) mass is 243 g/mol. The van der Waals surface area contributed by atoms with Crippen molar-refractivity contribution in [3.63, 3.8) is 0 Å². The molecule has 0 aliphatic heterocycles. The molecule has 0 aliphatic carbocycles. The van der Waals surface area contributed by atoms with Crippen LogP contribution in [0.15, 0.2) is 34.7 Å². The molecule has 0 saturated carbocycles. The maximum Gasteiger partial charge on any atom is 0.121 e. The number of aryl methyl sites for hydroxylation is 3. The second kappa shape index (κ2) is 5.40. The standard InChI is InChI=1S/C16H21NO/c1-11-6-5-7-14(8-11)10-15(17-4)16-9-12(2)13(3)18-16/h5-9,15,17H,10H2,1-4H3. The summed E-state index contributed by atoms with van der Waals surface area (Å²) in [6, 6.07) is 11.0. The zero-order chi connectivity index (χ0) is 13.1. The predicted octanol–water partition coefficient (Wildman–Crippen LogP) is 3.71. The second-order valence-electron chi connectivity index (χ2n) is 4.92. The van der Waals surface area contributed by atoms with Crippen LogP contribution in [0.25, 0.3) is 0 Å². The van der Waals surface area contributed by atoms with Crippen molar-refractivity contribution in [1.29, 1.82) is 0 Å². The Balaban J connectivity index is 2.19. The van der Waals surface area contributed by atoms with Gasteiger partial charge in [0.2, 0.25) is 0 Å². The van der Waals surface area contributed by atoms with Gasteiger partial charge in [-0.05, 0) is 51.4 Å². The smallest absolute Gasteiger partial charge is 0.121 e. The molecule has 0 amide bonds. The van der Waals surface area contributed by atoms with Crippen molar-refractivity contribution in [2.45, 2.75) is 33.2 Å². The van der Waals surface area contributed by atoms with Gasteiger partial charge in [0, 0.05) is 0 Å². The largest absolute Gasteiger partial charge is 0.464 e. The van der Waals surface area contributed by atoms with E-state index in [4.69, 9.17) is 4.42 Å². The molecule has 0 spiro atoms. The van der Waals surface area contributed by atoms with Gasteiger partial charge in [-0.15, -0.1) is 0 Å². The molecule has 1 N–H and O–H groups in total. The molecule has 0 fully saturated rings. The van der Waals surface area contributed by atoms with Crippen LogP contribution in [-0.4, -0.2) is 7.05 Å². The Labute approximate surface area is 109 Å². The van der Waals surface area contributed by atoms with E-state index in [0.717, 1.165) is 17.9 Å². The summed E-state index contributed by atoms with van der Waals surface area (Å²) in [7, 11) is 1.98. The van der Waals surface area contributed by atoms with Crippen molar-refractivity contribution in [3.8, 4) is 0 Å². The lowest BCUT2D eigenvalue weighted by Gasteiger charge is -2.14. The van der Waals surface area contributed by atoms with Crippen LogP contribution >= 0.6 is 0 Å². The topological polar surface area (TPSA) is 25.2 Å². The van der Waals surface area contributed by atoms with Gasteiger partial charge >= 0.3 is 0 Å². The summed E-state index contributed by atoms with van der Waals surface area (Å²) in [6.45, 7) is 6.22. The van der Waals surface area contributed by atoms with Crippen LogP contribution in [0.3, 0.4) is 0 Å². The zero-order valence-corrected chi connectivity index (χ0v) is 11.6. The Bertz CT molecular complexity index is 508. The van der Waals surface area contributed by atoms with Gasteiger partial charge in [0.25, 0.3) is 0 Å². The van der Waals surface area contributed by atoms with Gasteiger partial charge in [-0.25, -0.2) is 0 Å². The van der Waals surface area contributed by atoms with Crippen molar-refractivity contribution in [2.75, 3.05) is 7.05 Å². The first-order valence-electron chi connectivity index (χ1n) is 6.40. The number of hydrogen-bond acceptors (Lipinski definition) is 2. The Morgan fingerprint density at radius 2 is 1.94 bits per heavy atom. The Morgan fingerprint density at radius 3 is 2.50 bits per heavy atom. The second-order valence-corrected chi connectivity index (χ2v) is 4.92. The number of likely N-dealkylation sites (N-methyl/N-ethyl adjacent to an activating group) is 1. The van der Waals surface area contributed by atoms with Crippen LogP contribution in [0.4, 0.5) is 0 Å². The maximum atomic E-state index is 5.81. The molecule has 2 nitrogen and oxygen atoms in total. The maximum absolute atomic E-state index is 5.81. The van der Waals surface area contributed by atoms with E-state index < -0.39 is 0 Å². The van der Waals surface area contributed by atoms with Gasteiger partial charge in [-0.1, -0.05) is 29.8 Å². The summed E-state index contributed by atoms with van der Waals surface area (Å²) in [4.78, 5) is 0. The van der Waals surface area contributed by atoms with Crippen molar-refractivity contribution >= 4 is 0 Å². The van der Waals surface area contributed by atoms with E-state index in [1.807, 2.05) is 14.0 Å². The summed E-state index contributed by atoms with van der Waals surface area (Å²) in [5.74, 6) is 2.03. The Morgan fingerprint density at radius 1 is 1.17 bits per heavy atom. The molecule has 2 aromatic rings. The van der Waals surface area contributed by atoms with Gasteiger partial charge in [-0.2, -0.15) is 0 Å². The van der Waals surface area contributed by atoms with Crippen LogP contribution in [0, 0.1) is 20.8 Å². The van der Waals surface area contributed by atoms with E-state index in [-0.39, 0.29) is 6.04 Å². The third-order valence-electron chi connectivity index (χ3n) is 3.40. The minimum absolute atomic E-state index is 0.235. The van der Waals surface area contributed by atoms with E-state index in [1.165, 1.54) is 16.7 Å². The van der Waals surface area contributed by atoms with Gasteiger partial charge in [0.1, 0.15) is 11.5 Å². The molecule has 96 valence electrons. The summed E-state index contributed by atoms with van der Waals surface area (Å²) < 4.78 is 5.81. The van der Waals surface area contributed by atoms with E-state index in [1.54, 1.807) is 0 Å². The molecule has 18 heavy (non-hydrogen) atoms. The minimum atomic E-state index is 0.235. The molecule has 0 saturated heterocycles. The van der Waals surface area contributed by atoms with Gasteiger partial charge in [0.15, 0.2) is 0 Å². The van der Waals surface area contributed by atoms with E-state index in [0.29, 0.717) is 0 Å². The van der Waals surface area contributed by atoms with Gasteiger partial charge < -0.3 is 9.73 Å². The highest BCUT2D eigenvalue weighted by Crippen LogP contribution is 2.23. The van der Waals surface area contributed by atoms with Crippen molar-refractivity contribution in [1.82, 2.24) is 5.32 Å². The van der Waals surface area contributed by atoms with Crippen LogP contribution in [-0.2, 0) is 6.42 Å². The van der Waals surface area contributed by atoms with Crippen LogP contribution in [0.2, 0.25) is 0 Å². The highest BCUT2D eigenvalue weighted by atomic mass is 16.3. The van der Waals surface area contributed by atoms with Crippen LogP contribution in [0.5, 0.6) is 0 Å². The lowest BCUT2D eigenvalue weighted by Crippen LogP contribution is -2.18. The number of nitrogens with one attached hydrogen (secondary N) is 1. The third-order valence-corrected chi connectivity index (χ3v) is 3.40. The summed E-state index contributed by atoms with van der Waals surface area (Å²) in [5.41, 5.74) is 3.85. The third kappa shape index (κ3) is 2.82. The molecular formula is C16H21NO. The van der Waals surface area contributed by atoms with Gasteiger partial charge in [-0.3, -0.25) is 0 Å². The molecule has 0 bridgehead atoms. The van der Waals surface area contributed by atoms with E-state index in [9.17, 15) is 0 Å². The normalized spacial score (nSPS) is 12.7. The fourth-order valence-electron chi connectivity index (χ4n) is 2.19. The molecule has 1 unspecified atom stereocenters. The first-order valence-corrected chi connectivity index (χ1v) is 6.40. The molecule has 1 atom stereocenters. The Hall–Kier alpha value is -1.54. The average Bonchev–Trinajstić information content (AvgIpc) is 2.66. The van der Waals surface area contributed by atoms with Crippen LogP contribution < -0.4 is 5.32 Å². The molecule has 0 radical (unpaired) electrons. The summed E-state index contributed by atoms with van der Waals surface area (Å²) in [5, 5.41) is 3.33. The average molecular weight is 243 g/mol. The van der Waals surface area contributed by atoms with E-state index >= 15 is 0 Å². The quantitative estimate of drug-likeness (QED) is 0.885. The highest BCUT2D eigenvalue weighted by molar-refractivity contribution is 5.26. The van der Waals surface area contributed by atoms with Crippen molar-refractivity contribution in [2.24, 2.45) is 0 Å². The summed E-state index contributed by atoms with van der Waals surface area (Å²) >= 11 is 0. The number of benzene rings is 1. The number of furan rings is 1. The fourth-order valence-corrected chi connectivity index (χ4v) is 2.19. The van der Waals surface area contributed by atoms with Crippen LogP contribution in [0.1, 0.15) is 34.3 Å². The minimum Gasteiger partial charge on any atom is -0.464 e. The molecule has 2 heteroatoms. The molecule has 1 heterocycles. The number of rotatable bonds is 4. The fraction of sp³-hybridized carbons (Fsp3) is 0.375. The Kier molecular flexibility index (Phi) is 3.87. The zero-order valence-electron chi connectivity index (χ0n) is 11.6. The predicted molar refractivity (Wildman–Crippen MR) is 74.9 cm³/mol. The first kappa shape index (κ1) is 12.9. The first-order chi connectivity index (χ1) is 8.60. The molecule has 1 aromatic heterocycles. The summed E-state index contributed by atoms with van der Waals surface area (Å²) in [6.07, 6.45) is 0.949. The lowest BCUT2D eigenvalue weighted by molar-refractivity contribution is 0.414. The number of hydrogen-bond donors (Lipinski definition) is 1. The molecule has 0 aliphatic rings. The molecule has 1 aromatic carbocycles. The van der Waals surface area contributed by atoms with Crippen molar-refractivity contribution < 1.29 is 4.42 Å². The van der Waals surface area contributed by atoms with Crippen molar-refractivity contribution in [3.05, 3.63) is 58.5 Å². The lowest BCUT2D eigenvalue weighted by atomic mass is 10.0. The SMILES string of the molecule is CNC(Cc1cccc(C)c1)c1cc(C)c(C)o1. The molecule has 2 rings (SSSR count). The highest BCUT2D eigenvalue weighted by Gasteiger charge is 2.15. The van der Waals surface area contributed by atoms with E-state index in [2.05, 4.69) is 49.5 Å².